The van der Waals surface area contributed by atoms with Gasteiger partial charge in [0.15, 0.2) is 0 Å². The summed E-state index contributed by atoms with van der Waals surface area (Å²) < 4.78 is 0. The van der Waals surface area contributed by atoms with Crippen molar-refractivity contribution in [2.45, 2.75) is 6.92 Å². The standard InChI is InChI=1S/C43H30N2/c1-3-29-12-7-9-18-37(29)36-24-22-32-20-21-35(27-39(32)28(36)2)41-42(34-17-11-16-33(26-34)30-13-5-4-6-14-30)45-43-38-19-10-8-15-31(38)23-25-40(43)44-41/h3-27H,1H2,2H3. The van der Waals surface area contributed by atoms with Crippen LogP contribution >= 0.6 is 0 Å². The fourth-order valence-corrected chi connectivity index (χ4v) is 6.50. The van der Waals surface area contributed by atoms with E-state index in [0.29, 0.717) is 0 Å². The molecule has 212 valence electrons. The normalized spacial score (nSPS) is 11.3. The lowest BCUT2D eigenvalue weighted by Crippen LogP contribution is -1.97. The van der Waals surface area contributed by atoms with Crippen molar-refractivity contribution >= 4 is 38.7 Å². The van der Waals surface area contributed by atoms with E-state index >= 15 is 0 Å². The van der Waals surface area contributed by atoms with Gasteiger partial charge in [0, 0.05) is 16.5 Å². The monoisotopic (exact) mass is 574 g/mol. The number of aryl methyl sites for hydroxylation is 1. The molecule has 8 aromatic rings. The highest BCUT2D eigenvalue weighted by atomic mass is 14.8. The minimum atomic E-state index is 0.876. The van der Waals surface area contributed by atoms with Crippen LogP contribution in [0.1, 0.15) is 11.1 Å². The molecule has 1 aromatic heterocycles. The van der Waals surface area contributed by atoms with Gasteiger partial charge in [0.2, 0.25) is 0 Å². The summed E-state index contributed by atoms with van der Waals surface area (Å²) in [4.78, 5) is 10.7. The Kier molecular flexibility index (Phi) is 6.54. The van der Waals surface area contributed by atoms with E-state index in [9.17, 15) is 0 Å². The number of benzene rings is 7. The first kappa shape index (κ1) is 26.7. The molecule has 0 amide bonds. The Labute approximate surface area is 263 Å². The summed E-state index contributed by atoms with van der Waals surface area (Å²) in [5.41, 5.74) is 12.7. The van der Waals surface area contributed by atoms with Gasteiger partial charge in [0.25, 0.3) is 0 Å². The zero-order valence-electron chi connectivity index (χ0n) is 25.0. The highest BCUT2D eigenvalue weighted by Crippen LogP contribution is 2.38. The lowest BCUT2D eigenvalue weighted by atomic mass is 9.91. The molecule has 0 spiro atoms. The maximum atomic E-state index is 5.40. The highest BCUT2D eigenvalue weighted by molar-refractivity contribution is 6.06. The lowest BCUT2D eigenvalue weighted by Gasteiger charge is -2.15. The van der Waals surface area contributed by atoms with Crippen LogP contribution < -0.4 is 0 Å². The van der Waals surface area contributed by atoms with Crippen molar-refractivity contribution in [3.63, 3.8) is 0 Å². The Balaban J connectivity index is 1.38. The topological polar surface area (TPSA) is 25.8 Å². The van der Waals surface area contributed by atoms with E-state index in [0.717, 1.165) is 55.4 Å². The zero-order valence-corrected chi connectivity index (χ0v) is 25.0. The SMILES string of the molecule is C=Cc1ccccc1-c1ccc2ccc(-c3nc4ccc5ccccc5c4nc3-c3cccc(-c4ccccc4)c3)cc2c1C. The Bertz CT molecular complexity index is 2400. The van der Waals surface area contributed by atoms with Gasteiger partial charge in [0.1, 0.15) is 0 Å². The van der Waals surface area contributed by atoms with Crippen LogP contribution in [0.25, 0.3) is 83.4 Å². The number of nitrogens with zero attached hydrogens (tertiary/aromatic N) is 2. The first-order valence-electron chi connectivity index (χ1n) is 15.3. The largest absolute Gasteiger partial charge is 0.244 e. The van der Waals surface area contributed by atoms with Crippen molar-refractivity contribution in [2.75, 3.05) is 0 Å². The van der Waals surface area contributed by atoms with Crippen LogP contribution in [0, 0.1) is 6.92 Å². The molecule has 0 unspecified atom stereocenters. The van der Waals surface area contributed by atoms with Gasteiger partial charge < -0.3 is 0 Å². The number of hydrogen-bond donors (Lipinski definition) is 0. The van der Waals surface area contributed by atoms with Crippen LogP contribution in [-0.2, 0) is 0 Å². The first-order valence-corrected chi connectivity index (χ1v) is 15.3. The van der Waals surface area contributed by atoms with Gasteiger partial charge in [-0.2, -0.15) is 0 Å². The average molecular weight is 575 g/mol. The minimum absolute atomic E-state index is 0.876. The zero-order chi connectivity index (χ0) is 30.3. The molecular formula is C43H30N2. The fourth-order valence-electron chi connectivity index (χ4n) is 6.50. The minimum Gasteiger partial charge on any atom is -0.244 e. The lowest BCUT2D eigenvalue weighted by molar-refractivity contribution is 1.30. The van der Waals surface area contributed by atoms with Crippen molar-refractivity contribution in [1.82, 2.24) is 9.97 Å². The average Bonchev–Trinajstić information content (AvgIpc) is 3.11. The summed E-state index contributed by atoms with van der Waals surface area (Å²) >= 11 is 0. The summed E-state index contributed by atoms with van der Waals surface area (Å²) in [6, 6.07) is 51.3. The quantitative estimate of drug-likeness (QED) is 0.191. The Morgan fingerprint density at radius 3 is 2.04 bits per heavy atom. The summed E-state index contributed by atoms with van der Waals surface area (Å²) in [5.74, 6) is 0. The first-order chi connectivity index (χ1) is 22.2. The van der Waals surface area contributed by atoms with Gasteiger partial charge in [-0.15, -0.1) is 0 Å². The summed E-state index contributed by atoms with van der Waals surface area (Å²) in [7, 11) is 0. The van der Waals surface area contributed by atoms with Crippen LogP contribution in [-0.4, -0.2) is 9.97 Å². The van der Waals surface area contributed by atoms with Crippen LogP contribution in [0.4, 0.5) is 0 Å². The highest BCUT2D eigenvalue weighted by Gasteiger charge is 2.17. The molecule has 0 radical (unpaired) electrons. The van der Waals surface area contributed by atoms with Crippen LogP contribution in [0.15, 0.2) is 152 Å². The summed E-state index contributed by atoms with van der Waals surface area (Å²) in [5, 5.41) is 4.66. The predicted molar refractivity (Wildman–Crippen MR) is 191 cm³/mol. The van der Waals surface area contributed by atoms with Crippen molar-refractivity contribution in [3.8, 4) is 44.8 Å². The number of rotatable bonds is 5. The van der Waals surface area contributed by atoms with Crippen LogP contribution in [0.3, 0.4) is 0 Å². The molecule has 45 heavy (non-hydrogen) atoms. The molecule has 8 rings (SSSR count). The molecule has 0 atom stereocenters. The molecule has 2 nitrogen and oxygen atoms in total. The molecule has 0 N–H and O–H groups in total. The van der Waals surface area contributed by atoms with Crippen LogP contribution in [0.2, 0.25) is 0 Å². The maximum Gasteiger partial charge on any atom is 0.0973 e. The second-order valence-corrected chi connectivity index (χ2v) is 11.5. The van der Waals surface area contributed by atoms with Crippen LogP contribution in [0.5, 0.6) is 0 Å². The summed E-state index contributed by atoms with van der Waals surface area (Å²) in [6.45, 7) is 6.27. The van der Waals surface area contributed by atoms with E-state index in [4.69, 9.17) is 9.97 Å². The fraction of sp³-hybridized carbons (Fsp3) is 0.0233. The molecule has 7 aromatic carbocycles. The van der Waals surface area contributed by atoms with E-state index in [2.05, 4.69) is 159 Å². The van der Waals surface area contributed by atoms with Gasteiger partial charge in [0.05, 0.1) is 22.4 Å². The molecule has 1 heterocycles. The van der Waals surface area contributed by atoms with Gasteiger partial charge in [-0.05, 0) is 74.7 Å². The number of hydrogen-bond acceptors (Lipinski definition) is 2. The Morgan fingerprint density at radius 2 is 1.16 bits per heavy atom. The van der Waals surface area contributed by atoms with E-state index in [1.54, 1.807) is 0 Å². The molecular weight excluding hydrogens is 544 g/mol. The second kappa shape index (κ2) is 11.0. The van der Waals surface area contributed by atoms with E-state index in [1.165, 1.54) is 33.0 Å². The van der Waals surface area contributed by atoms with Gasteiger partial charge >= 0.3 is 0 Å². The molecule has 0 bridgehead atoms. The Morgan fingerprint density at radius 1 is 0.489 bits per heavy atom. The third-order valence-electron chi connectivity index (χ3n) is 8.84. The molecule has 0 aliphatic carbocycles. The van der Waals surface area contributed by atoms with Gasteiger partial charge in [-0.3, -0.25) is 0 Å². The molecule has 0 fully saturated rings. The molecule has 2 heteroatoms. The van der Waals surface area contributed by atoms with Crippen molar-refractivity contribution in [2.24, 2.45) is 0 Å². The van der Waals surface area contributed by atoms with Crippen molar-refractivity contribution in [3.05, 3.63) is 163 Å². The molecule has 0 aliphatic rings. The second-order valence-electron chi connectivity index (χ2n) is 11.5. The van der Waals surface area contributed by atoms with E-state index in [1.807, 2.05) is 6.08 Å². The van der Waals surface area contributed by atoms with E-state index < -0.39 is 0 Å². The summed E-state index contributed by atoms with van der Waals surface area (Å²) in [6.07, 6.45) is 1.93. The number of aromatic nitrogens is 2. The van der Waals surface area contributed by atoms with Gasteiger partial charge in [-0.25, -0.2) is 9.97 Å². The number of fused-ring (bicyclic) bond motifs is 4. The molecule has 0 aliphatic heterocycles. The van der Waals surface area contributed by atoms with Gasteiger partial charge in [-0.1, -0.05) is 140 Å². The predicted octanol–water partition coefficient (Wildman–Crippen LogP) is 11.6. The molecule has 0 saturated heterocycles. The smallest absolute Gasteiger partial charge is 0.0973 e. The Hall–Kier alpha value is -5.86. The third-order valence-corrected chi connectivity index (χ3v) is 8.84. The van der Waals surface area contributed by atoms with Crippen molar-refractivity contribution in [1.29, 1.82) is 0 Å². The van der Waals surface area contributed by atoms with E-state index in [-0.39, 0.29) is 0 Å². The maximum absolute atomic E-state index is 5.40. The molecule has 0 saturated carbocycles. The van der Waals surface area contributed by atoms with Crippen molar-refractivity contribution < 1.29 is 0 Å². The third kappa shape index (κ3) is 4.68.